The number of hydrogen-bond donors (Lipinski definition) is 1. The van der Waals surface area contributed by atoms with Crippen LogP contribution in [0.15, 0.2) is 92.2 Å². The number of carbonyl (C=O) groups excluding carboxylic acids is 1. The van der Waals surface area contributed by atoms with E-state index in [1.54, 1.807) is 10.6 Å². The molecule has 1 aliphatic rings. The Labute approximate surface area is 200 Å². The molecule has 6 nitrogen and oxygen atoms in total. The predicted octanol–water partition coefficient (Wildman–Crippen LogP) is 4.08. The van der Waals surface area contributed by atoms with Crippen LogP contribution in [0.25, 0.3) is 6.08 Å². The fraction of sp³-hybridized carbons (Fsp3) is 0.148. The molecule has 0 bridgehead atoms. The molecule has 0 aliphatic carbocycles. The second-order valence-corrected chi connectivity index (χ2v) is 9.27. The number of anilines is 1. The van der Waals surface area contributed by atoms with Crippen LogP contribution < -0.4 is 20.2 Å². The SMILES string of the molecule is CC1=C(C(=O)Nc2ccccc2)[C@H](c2ccc(C)cc2)n2c(s/c(=C\c3ccc(C)o3)c2=O)=N1. The molecule has 0 saturated carbocycles. The Kier molecular flexibility index (Phi) is 5.63. The van der Waals surface area contributed by atoms with Gasteiger partial charge < -0.3 is 9.73 Å². The van der Waals surface area contributed by atoms with Crippen molar-refractivity contribution in [3.05, 3.63) is 120 Å². The smallest absolute Gasteiger partial charge is 0.271 e. The van der Waals surface area contributed by atoms with Crippen LogP contribution in [-0.4, -0.2) is 10.5 Å². The van der Waals surface area contributed by atoms with Gasteiger partial charge in [-0.25, -0.2) is 4.99 Å². The number of carbonyl (C=O) groups is 1. The normalized spacial score (nSPS) is 15.7. The predicted molar refractivity (Wildman–Crippen MR) is 133 cm³/mol. The van der Waals surface area contributed by atoms with Crippen LogP contribution in [0.1, 0.15) is 35.6 Å². The molecule has 34 heavy (non-hydrogen) atoms. The summed E-state index contributed by atoms with van der Waals surface area (Å²) in [5.74, 6) is 1.09. The van der Waals surface area contributed by atoms with Gasteiger partial charge in [0.05, 0.1) is 21.8 Å². The number of aryl methyl sites for hydroxylation is 2. The van der Waals surface area contributed by atoms with Crippen molar-refractivity contribution in [2.24, 2.45) is 4.99 Å². The third-order valence-corrected chi connectivity index (χ3v) is 6.71. The van der Waals surface area contributed by atoms with E-state index in [4.69, 9.17) is 4.42 Å². The second-order valence-electron chi connectivity index (χ2n) is 8.26. The molecule has 1 aliphatic heterocycles. The van der Waals surface area contributed by atoms with Crippen LogP contribution >= 0.6 is 11.3 Å². The topological polar surface area (TPSA) is 76.6 Å². The lowest BCUT2D eigenvalue weighted by molar-refractivity contribution is -0.113. The summed E-state index contributed by atoms with van der Waals surface area (Å²) in [5, 5.41) is 2.96. The third kappa shape index (κ3) is 4.06. The first-order valence-electron chi connectivity index (χ1n) is 10.9. The highest BCUT2D eigenvalue weighted by Gasteiger charge is 2.32. The lowest BCUT2D eigenvalue weighted by Crippen LogP contribution is -2.40. The van der Waals surface area contributed by atoms with Gasteiger partial charge in [0.25, 0.3) is 11.5 Å². The lowest BCUT2D eigenvalue weighted by atomic mass is 9.94. The van der Waals surface area contributed by atoms with Gasteiger partial charge in [-0.1, -0.05) is 59.4 Å². The molecule has 3 heterocycles. The maximum Gasteiger partial charge on any atom is 0.271 e. The summed E-state index contributed by atoms with van der Waals surface area (Å²) in [5.41, 5.74) is 3.45. The minimum atomic E-state index is -0.596. The molecular formula is C27H23N3O3S. The summed E-state index contributed by atoms with van der Waals surface area (Å²) in [6.45, 7) is 5.68. The van der Waals surface area contributed by atoms with Crippen LogP contribution in [0.4, 0.5) is 5.69 Å². The Morgan fingerprint density at radius 2 is 1.76 bits per heavy atom. The number of allylic oxidation sites excluding steroid dienone is 1. The first-order valence-corrected chi connectivity index (χ1v) is 11.7. The fourth-order valence-corrected chi connectivity index (χ4v) is 5.08. The maximum absolute atomic E-state index is 13.6. The number of rotatable bonds is 4. The van der Waals surface area contributed by atoms with Gasteiger partial charge in [-0.05, 0) is 50.6 Å². The molecule has 4 aromatic rings. The molecule has 5 rings (SSSR count). The minimum absolute atomic E-state index is 0.208. The molecule has 0 fully saturated rings. The van der Waals surface area contributed by atoms with Gasteiger partial charge in [-0.15, -0.1) is 0 Å². The van der Waals surface area contributed by atoms with Crippen LogP contribution in [0.2, 0.25) is 0 Å². The van der Waals surface area contributed by atoms with Gasteiger partial charge in [-0.2, -0.15) is 0 Å². The fourth-order valence-electron chi connectivity index (χ4n) is 4.06. The number of fused-ring (bicyclic) bond motifs is 1. The molecule has 7 heteroatoms. The number of thiazole rings is 1. The molecule has 0 radical (unpaired) electrons. The van der Waals surface area contributed by atoms with E-state index in [2.05, 4.69) is 10.3 Å². The summed E-state index contributed by atoms with van der Waals surface area (Å²) in [6.07, 6.45) is 1.73. The lowest BCUT2D eigenvalue weighted by Gasteiger charge is -2.25. The van der Waals surface area contributed by atoms with E-state index in [1.165, 1.54) is 11.3 Å². The average Bonchev–Trinajstić information content (AvgIpc) is 3.36. The zero-order chi connectivity index (χ0) is 23.8. The van der Waals surface area contributed by atoms with Crippen molar-refractivity contribution < 1.29 is 9.21 Å². The number of furan rings is 1. The number of aromatic nitrogens is 1. The van der Waals surface area contributed by atoms with Gasteiger partial charge in [0.1, 0.15) is 11.5 Å². The van der Waals surface area contributed by atoms with E-state index >= 15 is 0 Å². The molecule has 0 saturated heterocycles. The van der Waals surface area contributed by atoms with Gasteiger partial charge in [0.15, 0.2) is 4.80 Å². The van der Waals surface area contributed by atoms with E-state index in [9.17, 15) is 9.59 Å². The van der Waals surface area contributed by atoms with E-state index < -0.39 is 6.04 Å². The molecule has 1 N–H and O–H groups in total. The zero-order valence-corrected chi connectivity index (χ0v) is 19.8. The summed E-state index contributed by atoms with van der Waals surface area (Å²) >= 11 is 1.29. The number of para-hydroxylation sites is 1. The second kappa shape index (κ2) is 8.76. The van der Waals surface area contributed by atoms with Crippen LogP contribution in [-0.2, 0) is 4.79 Å². The Morgan fingerprint density at radius 1 is 1.03 bits per heavy atom. The largest absolute Gasteiger partial charge is 0.462 e. The number of amides is 1. The van der Waals surface area contributed by atoms with Crippen LogP contribution in [0.5, 0.6) is 0 Å². The van der Waals surface area contributed by atoms with E-state index in [-0.39, 0.29) is 11.5 Å². The molecule has 0 spiro atoms. The molecular weight excluding hydrogens is 446 g/mol. The van der Waals surface area contributed by atoms with Crippen molar-refractivity contribution in [1.82, 2.24) is 4.57 Å². The number of hydrogen-bond acceptors (Lipinski definition) is 5. The number of benzene rings is 2. The van der Waals surface area contributed by atoms with Crippen molar-refractivity contribution in [2.75, 3.05) is 5.32 Å². The number of nitrogens with zero attached hydrogens (tertiary/aromatic N) is 2. The Hall–Kier alpha value is -3.97. The van der Waals surface area contributed by atoms with Crippen molar-refractivity contribution in [1.29, 1.82) is 0 Å². The highest BCUT2D eigenvalue weighted by atomic mass is 32.1. The van der Waals surface area contributed by atoms with Gasteiger partial charge in [0.2, 0.25) is 0 Å². The summed E-state index contributed by atoms with van der Waals surface area (Å²) in [6, 6.07) is 20.2. The highest BCUT2D eigenvalue weighted by Crippen LogP contribution is 2.31. The van der Waals surface area contributed by atoms with Crippen molar-refractivity contribution >= 4 is 29.0 Å². The van der Waals surface area contributed by atoms with Crippen molar-refractivity contribution in [3.8, 4) is 0 Å². The van der Waals surface area contributed by atoms with Crippen LogP contribution in [0, 0.1) is 13.8 Å². The molecule has 1 atom stereocenters. The molecule has 0 unspecified atom stereocenters. The zero-order valence-electron chi connectivity index (χ0n) is 19.0. The highest BCUT2D eigenvalue weighted by molar-refractivity contribution is 7.07. The Balaban J connectivity index is 1.68. The molecule has 2 aromatic carbocycles. The van der Waals surface area contributed by atoms with Crippen molar-refractivity contribution in [2.45, 2.75) is 26.8 Å². The Bertz CT molecular complexity index is 1590. The number of nitrogens with one attached hydrogen (secondary N) is 1. The standard InChI is InChI=1S/C27H23N3O3S/c1-16-9-12-19(13-10-16)24-23(25(31)29-20-7-5-4-6-8-20)18(3)28-27-30(24)26(32)22(34-27)15-21-14-11-17(2)33-21/h4-15,24H,1-3H3,(H,29,31)/b22-15-/t24-/m0/s1. The van der Waals surface area contributed by atoms with E-state index in [0.29, 0.717) is 32.1 Å². The monoisotopic (exact) mass is 469 g/mol. The van der Waals surface area contributed by atoms with E-state index in [1.807, 2.05) is 87.5 Å². The third-order valence-electron chi connectivity index (χ3n) is 5.73. The van der Waals surface area contributed by atoms with E-state index in [0.717, 1.165) is 16.9 Å². The maximum atomic E-state index is 13.6. The van der Waals surface area contributed by atoms with Gasteiger partial charge >= 0.3 is 0 Å². The first kappa shape index (κ1) is 21.9. The molecule has 2 aromatic heterocycles. The quantitative estimate of drug-likeness (QED) is 0.489. The molecule has 1 amide bonds. The summed E-state index contributed by atoms with van der Waals surface area (Å²) in [4.78, 5) is 32.3. The first-order chi connectivity index (χ1) is 16.4. The Morgan fingerprint density at radius 3 is 2.44 bits per heavy atom. The van der Waals surface area contributed by atoms with Crippen molar-refractivity contribution in [3.63, 3.8) is 0 Å². The summed E-state index contributed by atoms with van der Waals surface area (Å²) < 4.78 is 7.76. The average molecular weight is 470 g/mol. The minimum Gasteiger partial charge on any atom is -0.462 e. The summed E-state index contributed by atoms with van der Waals surface area (Å²) in [7, 11) is 0. The van der Waals surface area contributed by atoms with Gasteiger partial charge in [0, 0.05) is 11.8 Å². The van der Waals surface area contributed by atoms with Gasteiger partial charge in [-0.3, -0.25) is 14.2 Å². The molecule has 170 valence electrons. The van der Waals surface area contributed by atoms with Crippen LogP contribution in [0.3, 0.4) is 0 Å².